The third kappa shape index (κ3) is 3.33. The monoisotopic (exact) mass is 428 g/mol. The van der Waals surface area contributed by atoms with E-state index in [2.05, 4.69) is 4.98 Å². The maximum absolute atomic E-state index is 12.4. The first-order chi connectivity index (χ1) is 14.4. The highest BCUT2D eigenvalue weighted by atomic mass is 35.5. The van der Waals surface area contributed by atoms with Gasteiger partial charge in [-0.2, -0.15) is 0 Å². The molecule has 10 heteroatoms. The van der Waals surface area contributed by atoms with Crippen LogP contribution in [0, 0.1) is 0 Å². The number of furan rings is 1. The summed E-state index contributed by atoms with van der Waals surface area (Å²) in [6, 6.07) is 10.3. The van der Waals surface area contributed by atoms with Crippen LogP contribution in [0.3, 0.4) is 0 Å². The first kappa shape index (κ1) is 19.7. The highest BCUT2D eigenvalue weighted by Crippen LogP contribution is 2.29. The molecule has 0 saturated heterocycles. The minimum absolute atomic E-state index is 0.0155. The van der Waals surface area contributed by atoms with E-state index in [1.165, 1.54) is 31.1 Å². The highest BCUT2D eigenvalue weighted by molar-refractivity contribution is 6.33. The Labute approximate surface area is 174 Å². The van der Waals surface area contributed by atoms with Crippen LogP contribution in [0.2, 0.25) is 5.02 Å². The summed E-state index contributed by atoms with van der Waals surface area (Å²) >= 11 is 6.15. The molecule has 0 unspecified atom stereocenters. The van der Waals surface area contributed by atoms with Crippen molar-refractivity contribution in [3.05, 3.63) is 74.3 Å². The molecule has 0 amide bonds. The van der Waals surface area contributed by atoms with Gasteiger partial charge in [0.2, 0.25) is 5.76 Å². The minimum atomic E-state index is -0.641. The summed E-state index contributed by atoms with van der Waals surface area (Å²) in [4.78, 5) is 40.8. The molecule has 4 rings (SSSR count). The fourth-order valence-electron chi connectivity index (χ4n) is 3.13. The Balaban J connectivity index is 1.48. The van der Waals surface area contributed by atoms with Crippen molar-refractivity contribution in [2.24, 2.45) is 14.1 Å². The molecule has 0 fully saturated rings. The van der Waals surface area contributed by atoms with Gasteiger partial charge in [-0.3, -0.25) is 13.9 Å². The van der Waals surface area contributed by atoms with Crippen LogP contribution < -0.4 is 11.2 Å². The number of aromatic nitrogens is 4. The van der Waals surface area contributed by atoms with Gasteiger partial charge in [-0.25, -0.2) is 14.6 Å². The van der Waals surface area contributed by atoms with E-state index in [1.807, 2.05) is 6.07 Å². The van der Waals surface area contributed by atoms with Gasteiger partial charge in [-0.1, -0.05) is 23.7 Å². The summed E-state index contributed by atoms with van der Waals surface area (Å²) in [7, 11) is 2.93. The zero-order chi connectivity index (χ0) is 21.4. The maximum Gasteiger partial charge on any atom is 0.374 e. The zero-order valence-corrected chi connectivity index (χ0v) is 16.9. The van der Waals surface area contributed by atoms with Crippen LogP contribution in [-0.4, -0.2) is 31.3 Å². The minimum Gasteiger partial charge on any atom is -0.458 e. The number of halogens is 1. The topological polar surface area (TPSA) is 101 Å². The molecule has 0 N–H and O–H groups in total. The molecule has 1 aromatic carbocycles. The molecule has 3 aromatic heterocycles. The molecule has 0 aliphatic heterocycles. The van der Waals surface area contributed by atoms with E-state index in [-0.39, 0.29) is 30.1 Å². The van der Waals surface area contributed by atoms with Gasteiger partial charge in [0.25, 0.3) is 5.56 Å². The van der Waals surface area contributed by atoms with Gasteiger partial charge in [0, 0.05) is 19.7 Å². The summed E-state index contributed by atoms with van der Waals surface area (Å²) in [6.07, 6.45) is 1.43. The van der Waals surface area contributed by atoms with Gasteiger partial charge in [0.1, 0.15) is 12.4 Å². The summed E-state index contributed by atoms with van der Waals surface area (Å²) < 4.78 is 14.7. The predicted molar refractivity (Wildman–Crippen MR) is 110 cm³/mol. The van der Waals surface area contributed by atoms with Crippen molar-refractivity contribution >= 4 is 28.7 Å². The number of imidazole rings is 1. The third-order valence-corrected chi connectivity index (χ3v) is 5.06. The number of hydrogen-bond acceptors (Lipinski definition) is 6. The molecular formula is C20H17ClN4O5. The molecule has 3 heterocycles. The summed E-state index contributed by atoms with van der Waals surface area (Å²) in [5, 5.41) is 0.509. The van der Waals surface area contributed by atoms with Crippen molar-refractivity contribution in [2.75, 3.05) is 6.61 Å². The van der Waals surface area contributed by atoms with Crippen LogP contribution in [0.15, 0.2) is 56.7 Å². The molecule has 0 spiro atoms. The first-order valence-electron chi connectivity index (χ1n) is 9.01. The van der Waals surface area contributed by atoms with E-state index in [9.17, 15) is 14.4 Å². The normalized spacial score (nSPS) is 11.2. The van der Waals surface area contributed by atoms with E-state index in [0.717, 1.165) is 4.57 Å². The number of nitrogens with zero attached hydrogens (tertiary/aromatic N) is 4. The quantitative estimate of drug-likeness (QED) is 0.452. The Kier molecular flexibility index (Phi) is 5.04. The molecule has 4 aromatic rings. The van der Waals surface area contributed by atoms with Crippen LogP contribution >= 0.6 is 11.6 Å². The van der Waals surface area contributed by atoms with Crippen LogP contribution in [-0.2, 0) is 25.4 Å². The highest BCUT2D eigenvalue weighted by Gasteiger charge is 2.17. The molecular weight excluding hydrogens is 412 g/mol. The fourth-order valence-corrected chi connectivity index (χ4v) is 3.36. The van der Waals surface area contributed by atoms with E-state index < -0.39 is 17.2 Å². The van der Waals surface area contributed by atoms with Crippen molar-refractivity contribution in [3.8, 4) is 11.3 Å². The summed E-state index contributed by atoms with van der Waals surface area (Å²) in [5.74, 6) is -0.144. The van der Waals surface area contributed by atoms with Crippen molar-refractivity contribution in [3.63, 3.8) is 0 Å². The number of carbonyl (C=O) groups is 1. The van der Waals surface area contributed by atoms with Crippen LogP contribution in [0.5, 0.6) is 0 Å². The average Bonchev–Trinajstić information content (AvgIpc) is 3.39. The molecule has 0 aliphatic rings. The zero-order valence-electron chi connectivity index (χ0n) is 16.2. The number of rotatable bonds is 5. The Morgan fingerprint density at radius 1 is 1.13 bits per heavy atom. The number of carbonyl (C=O) groups excluding carboxylic acids is 1. The number of hydrogen-bond donors (Lipinski definition) is 0. The SMILES string of the molecule is Cn1c(=O)c2c(ncn2CCOC(=O)c2ccc(-c3ccccc3Cl)o2)n(C)c1=O. The smallest absolute Gasteiger partial charge is 0.374 e. The van der Waals surface area contributed by atoms with Gasteiger partial charge in [-0.05, 0) is 24.3 Å². The molecule has 0 atom stereocenters. The molecule has 0 bridgehead atoms. The predicted octanol–water partition coefficient (Wildman–Crippen LogP) is 2.20. The maximum atomic E-state index is 12.4. The van der Waals surface area contributed by atoms with Crippen LogP contribution in [0.4, 0.5) is 0 Å². The van der Waals surface area contributed by atoms with Gasteiger partial charge < -0.3 is 13.7 Å². The van der Waals surface area contributed by atoms with E-state index in [4.69, 9.17) is 20.8 Å². The molecule has 30 heavy (non-hydrogen) atoms. The first-order valence-corrected chi connectivity index (χ1v) is 9.39. The lowest BCUT2D eigenvalue weighted by atomic mass is 10.2. The van der Waals surface area contributed by atoms with Gasteiger partial charge >= 0.3 is 11.7 Å². The van der Waals surface area contributed by atoms with Crippen LogP contribution in [0.25, 0.3) is 22.5 Å². The second-order valence-corrected chi connectivity index (χ2v) is 7.00. The summed E-state index contributed by atoms with van der Waals surface area (Å²) in [6.45, 7) is 0.173. The Bertz CT molecular complexity index is 1380. The van der Waals surface area contributed by atoms with Gasteiger partial charge in [0.15, 0.2) is 11.2 Å². The Morgan fingerprint density at radius 3 is 2.67 bits per heavy atom. The fraction of sp³-hybridized carbons (Fsp3) is 0.200. The Morgan fingerprint density at radius 2 is 1.90 bits per heavy atom. The van der Waals surface area contributed by atoms with Gasteiger partial charge in [-0.15, -0.1) is 0 Å². The molecule has 9 nitrogen and oxygen atoms in total. The number of fused-ring (bicyclic) bond motifs is 1. The Hall–Kier alpha value is -3.59. The third-order valence-electron chi connectivity index (χ3n) is 4.73. The van der Waals surface area contributed by atoms with Gasteiger partial charge in [0.05, 0.1) is 17.9 Å². The number of aryl methyl sites for hydroxylation is 1. The van der Waals surface area contributed by atoms with Crippen LogP contribution in [0.1, 0.15) is 10.6 Å². The molecule has 0 saturated carbocycles. The van der Waals surface area contributed by atoms with E-state index in [0.29, 0.717) is 16.3 Å². The lowest BCUT2D eigenvalue weighted by Crippen LogP contribution is -2.37. The van der Waals surface area contributed by atoms with Crippen molar-refractivity contribution in [1.82, 2.24) is 18.7 Å². The standard InChI is InChI=1S/C20H17ClN4O5/c1-23-17-16(18(26)24(2)20(23)28)25(11-22-17)9-10-29-19(27)15-8-7-14(30-15)12-5-3-4-6-13(12)21/h3-8,11H,9-10H2,1-2H3. The lowest BCUT2D eigenvalue weighted by Gasteiger charge is -2.07. The molecule has 154 valence electrons. The lowest BCUT2D eigenvalue weighted by molar-refractivity contribution is 0.0457. The number of ether oxygens (including phenoxy) is 1. The largest absolute Gasteiger partial charge is 0.458 e. The number of benzene rings is 1. The summed E-state index contributed by atoms with van der Waals surface area (Å²) in [5.41, 5.74) is 0.271. The van der Waals surface area contributed by atoms with Crippen molar-refractivity contribution in [1.29, 1.82) is 0 Å². The van der Waals surface area contributed by atoms with Crippen molar-refractivity contribution in [2.45, 2.75) is 6.54 Å². The molecule has 0 radical (unpaired) electrons. The second kappa shape index (κ2) is 7.68. The number of esters is 1. The van der Waals surface area contributed by atoms with E-state index >= 15 is 0 Å². The van der Waals surface area contributed by atoms with Crippen molar-refractivity contribution < 1.29 is 13.9 Å². The molecule has 0 aliphatic carbocycles. The average molecular weight is 429 g/mol. The second-order valence-electron chi connectivity index (χ2n) is 6.60. The van der Waals surface area contributed by atoms with E-state index in [1.54, 1.807) is 28.8 Å².